The van der Waals surface area contributed by atoms with Crippen LogP contribution in [0.5, 0.6) is 0 Å². The van der Waals surface area contributed by atoms with Crippen molar-refractivity contribution in [3.05, 3.63) is 102 Å². The number of carbonyl (C=O) groups excluding carboxylic acids is 1. The summed E-state index contributed by atoms with van der Waals surface area (Å²) in [5.74, 6) is 0.0752. The molecule has 0 atom stereocenters. The van der Waals surface area contributed by atoms with Crippen LogP contribution in [0.1, 0.15) is 57.5 Å². The quantitative estimate of drug-likeness (QED) is 0.238. The number of rotatable bonds is 3. The summed E-state index contributed by atoms with van der Waals surface area (Å²) < 4.78 is 9.88. The highest BCUT2D eigenvalue weighted by Crippen LogP contribution is 2.09. The van der Waals surface area contributed by atoms with Crippen LogP contribution in [0.25, 0.3) is 0 Å². The molecule has 1 N–H and O–H groups in total. The molecule has 0 aliphatic carbocycles. The van der Waals surface area contributed by atoms with Gasteiger partial charge in [-0.3, -0.25) is 4.79 Å². The van der Waals surface area contributed by atoms with Crippen LogP contribution in [0.3, 0.4) is 0 Å². The predicted octanol–water partition coefficient (Wildman–Crippen LogP) is 7.65. The van der Waals surface area contributed by atoms with Crippen molar-refractivity contribution >= 4 is 11.5 Å². The molecule has 3 rings (SSSR count). The summed E-state index contributed by atoms with van der Waals surface area (Å²) in [6.45, 7) is 12.1. The van der Waals surface area contributed by atoms with Gasteiger partial charge >= 0.3 is 0 Å². The van der Waals surface area contributed by atoms with Gasteiger partial charge in [0.25, 0.3) is 0 Å². The van der Waals surface area contributed by atoms with Gasteiger partial charge in [-0.05, 0) is 53.7 Å². The van der Waals surface area contributed by atoms with Crippen LogP contribution in [-0.4, -0.2) is 31.2 Å². The molecule has 0 aromatic heterocycles. The van der Waals surface area contributed by atoms with Crippen molar-refractivity contribution in [3.63, 3.8) is 0 Å². The number of nitrogens with one attached hydrogen (secondary N) is 1. The molecule has 6 nitrogen and oxygen atoms in total. The summed E-state index contributed by atoms with van der Waals surface area (Å²) in [6, 6.07) is 27.8. The third kappa shape index (κ3) is 17.7. The molecule has 0 radical (unpaired) electrons. The molecule has 6 heteroatoms. The lowest BCUT2D eigenvalue weighted by Gasteiger charge is -2.14. The van der Waals surface area contributed by atoms with Gasteiger partial charge in [0.1, 0.15) is 5.53 Å². The second-order valence-electron chi connectivity index (χ2n) is 9.23. The van der Waals surface area contributed by atoms with Crippen molar-refractivity contribution in [1.82, 2.24) is 4.91 Å². The highest BCUT2D eigenvalue weighted by molar-refractivity contribution is 6.08. The molecule has 3 aromatic rings. The zero-order chi connectivity index (χ0) is 26.7. The standard InChI is InChI=1S/C13H10O.C6H6N3.2C5H12O/c14-13(11-7-3-1-4-8-11)12-9-5-2-6-10-12;7-9-8-6-4-2-1-3-5-6;2*1-5(2,3)6-4/h1-10H;1-5,7H;2*1-4H3/q;+1;;. The highest BCUT2D eigenvalue weighted by Gasteiger charge is 2.06. The van der Waals surface area contributed by atoms with Crippen molar-refractivity contribution in [3.8, 4) is 0 Å². The summed E-state index contributed by atoms with van der Waals surface area (Å²) in [6.07, 6.45) is 0. The van der Waals surface area contributed by atoms with Crippen molar-refractivity contribution in [1.29, 1.82) is 5.53 Å². The van der Waals surface area contributed by atoms with E-state index < -0.39 is 0 Å². The van der Waals surface area contributed by atoms with E-state index in [1.807, 2.05) is 120 Å². The fourth-order valence-electron chi connectivity index (χ4n) is 1.90. The molecule has 0 aliphatic heterocycles. The minimum absolute atomic E-state index is 0.0417. The van der Waals surface area contributed by atoms with E-state index in [4.69, 9.17) is 15.0 Å². The van der Waals surface area contributed by atoms with E-state index >= 15 is 0 Å². The molecule has 0 bridgehead atoms. The Morgan fingerprint density at radius 2 is 0.943 bits per heavy atom. The van der Waals surface area contributed by atoms with Gasteiger partial charge in [0.2, 0.25) is 4.91 Å². The Kier molecular flexibility index (Phi) is 15.4. The molecule has 0 heterocycles. The Morgan fingerprint density at radius 3 is 1.20 bits per heavy atom. The zero-order valence-electron chi connectivity index (χ0n) is 22.3. The molecule has 0 unspecified atom stereocenters. The number of benzene rings is 3. The number of ketones is 1. The van der Waals surface area contributed by atoms with Crippen LogP contribution in [0, 0.1) is 5.53 Å². The number of hydrogen-bond acceptors (Lipinski definition) is 5. The maximum Gasteiger partial charge on any atom is 0.220 e. The number of methoxy groups -OCH3 is 2. The minimum atomic E-state index is 0.0417. The molecule has 0 fully saturated rings. The topological polar surface area (TPSA) is 85.8 Å². The van der Waals surface area contributed by atoms with Crippen molar-refractivity contribution in [2.75, 3.05) is 14.2 Å². The van der Waals surface area contributed by atoms with Crippen LogP contribution in [0.4, 0.5) is 5.69 Å². The number of nitrogens with zero attached hydrogens (tertiary/aromatic N) is 2. The number of hydrogen-bond donors (Lipinski definition) is 1. The lowest BCUT2D eigenvalue weighted by atomic mass is 10.0. The normalized spacial score (nSPS) is 10.1. The summed E-state index contributed by atoms with van der Waals surface area (Å²) in [5, 5.41) is 3.50. The van der Waals surface area contributed by atoms with E-state index in [0.29, 0.717) is 5.69 Å². The fraction of sp³-hybridized carbons (Fsp3) is 0.345. The zero-order valence-corrected chi connectivity index (χ0v) is 22.3. The van der Waals surface area contributed by atoms with Crippen LogP contribution in [-0.2, 0) is 9.47 Å². The lowest BCUT2D eigenvalue weighted by molar-refractivity contribution is 0.0394. The summed E-state index contributed by atoms with van der Waals surface area (Å²) in [7, 11) is 3.42. The largest absolute Gasteiger partial charge is 0.379 e. The Bertz CT molecular complexity index is 933. The first kappa shape index (κ1) is 31.6. The third-order valence-corrected chi connectivity index (χ3v) is 4.22. The first-order valence-corrected chi connectivity index (χ1v) is 11.3. The van der Waals surface area contributed by atoms with Gasteiger partial charge in [0.05, 0.1) is 11.2 Å². The molecule has 0 saturated heterocycles. The van der Waals surface area contributed by atoms with E-state index in [0.717, 1.165) is 11.1 Å². The highest BCUT2D eigenvalue weighted by atomic mass is 16.5. The molecular weight excluding hydrogens is 438 g/mol. The van der Waals surface area contributed by atoms with Crippen molar-refractivity contribution in [2.24, 2.45) is 5.11 Å². The molecule has 35 heavy (non-hydrogen) atoms. The monoisotopic (exact) mass is 478 g/mol. The maximum atomic E-state index is 11.8. The van der Waals surface area contributed by atoms with Crippen molar-refractivity contribution in [2.45, 2.75) is 52.7 Å². The second kappa shape index (κ2) is 17.1. The van der Waals surface area contributed by atoms with E-state index in [2.05, 4.69) is 10.0 Å². The fourth-order valence-corrected chi connectivity index (χ4v) is 1.90. The Hall–Kier alpha value is -3.44. The average molecular weight is 479 g/mol. The minimum Gasteiger partial charge on any atom is -0.379 e. The number of carbonyl (C=O) groups is 1. The third-order valence-electron chi connectivity index (χ3n) is 4.22. The number of ether oxygens (including phenoxy) is 2. The van der Waals surface area contributed by atoms with Gasteiger partial charge in [0, 0.05) is 25.3 Å². The van der Waals surface area contributed by atoms with Crippen LogP contribution >= 0.6 is 0 Å². The summed E-state index contributed by atoms with van der Waals surface area (Å²) >= 11 is 0. The lowest BCUT2D eigenvalue weighted by Crippen LogP contribution is -2.15. The van der Waals surface area contributed by atoms with Gasteiger partial charge in [-0.25, -0.2) is 0 Å². The van der Waals surface area contributed by atoms with Crippen LogP contribution in [0.2, 0.25) is 0 Å². The Morgan fingerprint density at radius 1 is 0.657 bits per heavy atom. The predicted molar refractivity (Wildman–Crippen MR) is 143 cm³/mol. The second-order valence-corrected chi connectivity index (χ2v) is 9.23. The Labute approximate surface area is 210 Å². The molecule has 0 amide bonds. The van der Waals surface area contributed by atoms with Crippen LogP contribution in [0.15, 0.2) is 96.1 Å². The molecule has 188 valence electrons. The first-order valence-electron chi connectivity index (χ1n) is 11.3. The van der Waals surface area contributed by atoms with Gasteiger partial charge in [0.15, 0.2) is 16.6 Å². The van der Waals surface area contributed by atoms with Gasteiger partial charge in [-0.1, -0.05) is 78.9 Å². The average Bonchev–Trinajstić information content (AvgIpc) is 2.86. The maximum absolute atomic E-state index is 11.8. The molecule has 0 spiro atoms. The van der Waals surface area contributed by atoms with E-state index in [1.54, 1.807) is 26.4 Å². The van der Waals surface area contributed by atoms with Gasteiger partial charge < -0.3 is 9.47 Å². The summed E-state index contributed by atoms with van der Waals surface area (Å²) in [4.78, 5) is 14.7. The molecule has 0 aliphatic rings. The molecular formula is C29H40N3O3+. The summed E-state index contributed by atoms with van der Waals surface area (Å²) in [5.41, 5.74) is 8.67. The molecule has 0 saturated carbocycles. The van der Waals surface area contributed by atoms with Crippen molar-refractivity contribution < 1.29 is 14.3 Å². The van der Waals surface area contributed by atoms with E-state index in [9.17, 15) is 4.79 Å². The van der Waals surface area contributed by atoms with E-state index in [-0.39, 0.29) is 17.0 Å². The first-order chi connectivity index (χ1) is 16.4. The smallest absolute Gasteiger partial charge is 0.220 e. The Balaban J connectivity index is 0.000000478. The van der Waals surface area contributed by atoms with Gasteiger partial charge in [-0.15, -0.1) is 0 Å². The van der Waals surface area contributed by atoms with Crippen LogP contribution < -0.4 is 4.91 Å². The molecule has 3 aromatic carbocycles. The SMILES string of the molecule is COC(C)(C)C.COC(C)(C)C.N=[N+]=Nc1ccccc1.O=C(c1ccccc1)c1ccccc1. The van der Waals surface area contributed by atoms with Gasteiger partial charge in [-0.2, -0.15) is 0 Å². The van der Waals surface area contributed by atoms with E-state index in [1.165, 1.54) is 0 Å².